The number of nitrogens with zero attached hydrogens (tertiary/aromatic N) is 1. The second-order valence-electron chi connectivity index (χ2n) is 2.44. The molecule has 1 atom stereocenters. The molecule has 4 heteroatoms. The van der Waals surface area contributed by atoms with Crippen LogP contribution in [0.4, 0.5) is 0 Å². The summed E-state index contributed by atoms with van der Waals surface area (Å²) in [5.74, 6) is 0. The van der Waals surface area contributed by atoms with E-state index in [-0.39, 0.29) is 0 Å². The fourth-order valence-corrected chi connectivity index (χ4v) is 1.70. The Labute approximate surface area is 69.9 Å². The van der Waals surface area contributed by atoms with Crippen LogP contribution < -0.4 is 5.73 Å². The molecule has 0 amide bonds. The summed E-state index contributed by atoms with van der Waals surface area (Å²) in [5, 5.41) is 9.92. The van der Waals surface area contributed by atoms with Crippen molar-refractivity contribution in [3.05, 3.63) is 15.6 Å². The van der Waals surface area contributed by atoms with Crippen LogP contribution in [0.1, 0.15) is 28.6 Å². The lowest BCUT2D eigenvalue weighted by molar-refractivity contribution is 0.198. The molecule has 3 nitrogen and oxygen atoms in total. The normalized spacial score (nSPS) is 13.5. The molecular weight excluding hydrogens is 160 g/mol. The molecule has 0 spiro atoms. The SMILES string of the molecule is Cc1nc(C(C)O)sc1CN. The van der Waals surface area contributed by atoms with Crippen LogP contribution in [0, 0.1) is 6.92 Å². The lowest BCUT2D eigenvalue weighted by atomic mass is 10.4. The number of hydrogen-bond donors (Lipinski definition) is 2. The van der Waals surface area contributed by atoms with E-state index in [9.17, 15) is 0 Å². The number of aromatic nitrogens is 1. The van der Waals surface area contributed by atoms with Crippen LogP contribution in [0.2, 0.25) is 0 Å². The molecule has 0 aliphatic carbocycles. The molecule has 0 aliphatic rings. The zero-order valence-corrected chi connectivity index (χ0v) is 7.48. The first-order valence-corrected chi connectivity index (χ1v) is 4.31. The first-order valence-electron chi connectivity index (χ1n) is 3.49. The molecule has 0 radical (unpaired) electrons. The van der Waals surface area contributed by atoms with Crippen LogP contribution >= 0.6 is 11.3 Å². The Balaban J connectivity index is 2.95. The molecule has 0 bridgehead atoms. The minimum atomic E-state index is -0.473. The minimum Gasteiger partial charge on any atom is -0.386 e. The molecule has 0 saturated carbocycles. The lowest BCUT2D eigenvalue weighted by Gasteiger charge is -1.94. The smallest absolute Gasteiger partial charge is 0.122 e. The standard InChI is InChI=1S/C7H12N2OS/c1-4-6(3-8)11-7(9-4)5(2)10/h5,10H,3,8H2,1-2H3. The second kappa shape index (κ2) is 3.30. The summed E-state index contributed by atoms with van der Waals surface area (Å²) in [7, 11) is 0. The predicted molar refractivity (Wildman–Crippen MR) is 45.4 cm³/mol. The van der Waals surface area contributed by atoms with Crippen LogP contribution in [0.3, 0.4) is 0 Å². The van der Waals surface area contributed by atoms with Gasteiger partial charge in [0, 0.05) is 11.4 Å². The number of aryl methyl sites for hydroxylation is 1. The summed E-state index contributed by atoms with van der Waals surface area (Å²) in [6.07, 6.45) is -0.473. The van der Waals surface area contributed by atoms with Gasteiger partial charge in [-0.2, -0.15) is 0 Å². The van der Waals surface area contributed by atoms with E-state index in [0.717, 1.165) is 15.6 Å². The molecule has 3 N–H and O–H groups in total. The highest BCUT2D eigenvalue weighted by molar-refractivity contribution is 7.11. The van der Waals surface area contributed by atoms with Crippen molar-refractivity contribution in [3.63, 3.8) is 0 Å². The average Bonchev–Trinajstić information content (AvgIpc) is 2.31. The van der Waals surface area contributed by atoms with E-state index in [0.29, 0.717) is 6.54 Å². The highest BCUT2D eigenvalue weighted by Gasteiger charge is 2.09. The van der Waals surface area contributed by atoms with Crippen LogP contribution in [0.15, 0.2) is 0 Å². The maximum absolute atomic E-state index is 9.16. The van der Waals surface area contributed by atoms with Crippen LogP contribution in [-0.4, -0.2) is 10.1 Å². The molecule has 1 aromatic heterocycles. The number of hydrogen-bond acceptors (Lipinski definition) is 4. The third kappa shape index (κ3) is 1.77. The van der Waals surface area contributed by atoms with Crippen molar-refractivity contribution in [2.24, 2.45) is 5.73 Å². The Morgan fingerprint density at radius 1 is 1.73 bits per heavy atom. The number of nitrogens with two attached hydrogens (primary N) is 1. The van der Waals surface area contributed by atoms with Gasteiger partial charge in [0.25, 0.3) is 0 Å². The largest absolute Gasteiger partial charge is 0.386 e. The highest BCUT2D eigenvalue weighted by atomic mass is 32.1. The van der Waals surface area contributed by atoms with Crippen molar-refractivity contribution in [1.82, 2.24) is 4.98 Å². The number of rotatable bonds is 2. The molecule has 0 aromatic carbocycles. The van der Waals surface area contributed by atoms with Gasteiger partial charge in [-0.1, -0.05) is 0 Å². The summed E-state index contributed by atoms with van der Waals surface area (Å²) in [4.78, 5) is 5.23. The monoisotopic (exact) mass is 172 g/mol. The van der Waals surface area contributed by atoms with E-state index in [1.807, 2.05) is 6.92 Å². The van der Waals surface area contributed by atoms with E-state index in [1.54, 1.807) is 6.92 Å². The van der Waals surface area contributed by atoms with Crippen molar-refractivity contribution in [1.29, 1.82) is 0 Å². The van der Waals surface area contributed by atoms with Gasteiger partial charge in [0.05, 0.1) is 5.69 Å². The molecular formula is C7H12N2OS. The summed E-state index contributed by atoms with van der Waals surface area (Å²) < 4.78 is 0. The Morgan fingerprint density at radius 3 is 2.64 bits per heavy atom. The van der Waals surface area contributed by atoms with Crippen LogP contribution in [-0.2, 0) is 6.54 Å². The highest BCUT2D eigenvalue weighted by Crippen LogP contribution is 2.22. The first-order chi connectivity index (χ1) is 5.15. The van der Waals surface area contributed by atoms with E-state index in [4.69, 9.17) is 10.8 Å². The summed E-state index contributed by atoms with van der Waals surface area (Å²) in [6, 6.07) is 0. The van der Waals surface area contributed by atoms with Gasteiger partial charge in [0.2, 0.25) is 0 Å². The second-order valence-corrected chi connectivity index (χ2v) is 3.56. The fourth-order valence-electron chi connectivity index (χ4n) is 0.819. The first kappa shape index (κ1) is 8.64. The number of aliphatic hydroxyl groups is 1. The maximum Gasteiger partial charge on any atom is 0.122 e. The molecule has 1 rings (SSSR count). The van der Waals surface area contributed by atoms with Gasteiger partial charge in [-0.05, 0) is 13.8 Å². The van der Waals surface area contributed by atoms with Gasteiger partial charge < -0.3 is 10.8 Å². The van der Waals surface area contributed by atoms with Gasteiger partial charge >= 0.3 is 0 Å². The molecule has 1 heterocycles. The molecule has 1 aromatic rings. The summed E-state index contributed by atoms with van der Waals surface area (Å²) >= 11 is 1.48. The van der Waals surface area contributed by atoms with Crippen molar-refractivity contribution in [2.45, 2.75) is 26.5 Å². The van der Waals surface area contributed by atoms with Crippen molar-refractivity contribution in [2.75, 3.05) is 0 Å². The lowest BCUT2D eigenvalue weighted by Crippen LogP contribution is -1.94. The van der Waals surface area contributed by atoms with Gasteiger partial charge in [0.1, 0.15) is 11.1 Å². The van der Waals surface area contributed by atoms with Gasteiger partial charge in [-0.25, -0.2) is 4.98 Å². The van der Waals surface area contributed by atoms with Crippen LogP contribution in [0.5, 0.6) is 0 Å². The fraction of sp³-hybridized carbons (Fsp3) is 0.571. The predicted octanol–water partition coefficient (Wildman–Crippen LogP) is 0.964. The molecule has 0 fully saturated rings. The molecule has 0 aliphatic heterocycles. The van der Waals surface area contributed by atoms with Gasteiger partial charge in [-0.15, -0.1) is 11.3 Å². The van der Waals surface area contributed by atoms with Crippen molar-refractivity contribution >= 4 is 11.3 Å². The van der Waals surface area contributed by atoms with Gasteiger partial charge in [-0.3, -0.25) is 0 Å². The maximum atomic E-state index is 9.16. The Kier molecular flexibility index (Phi) is 2.59. The van der Waals surface area contributed by atoms with E-state index in [1.165, 1.54) is 11.3 Å². The van der Waals surface area contributed by atoms with E-state index in [2.05, 4.69) is 4.98 Å². The zero-order chi connectivity index (χ0) is 8.43. The quantitative estimate of drug-likeness (QED) is 0.698. The van der Waals surface area contributed by atoms with Crippen LogP contribution in [0.25, 0.3) is 0 Å². The summed E-state index contributed by atoms with van der Waals surface area (Å²) in [5.41, 5.74) is 6.39. The Morgan fingerprint density at radius 2 is 2.36 bits per heavy atom. The Hall–Kier alpha value is -0.450. The summed E-state index contributed by atoms with van der Waals surface area (Å²) in [6.45, 7) is 4.12. The number of thiazole rings is 1. The van der Waals surface area contributed by atoms with E-state index < -0.39 is 6.10 Å². The molecule has 1 unspecified atom stereocenters. The third-order valence-corrected chi connectivity index (χ3v) is 2.80. The minimum absolute atomic E-state index is 0.473. The number of aliphatic hydroxyl groups excluding tert-OH is 1. The molecule has 0 saturated heterocycles. The zero-order valence-electron chi connectivity index (χ0n) is 6.66. The average molecular weight is 172 g/mol. The molecule has 11 heavy (non-hydrogen) atoms. The van der Waals surface area contributed by atoms with Crippen molar-refractivity contribution in [3.8, 4) is 0 Å². The topological polar surface area (TPSA) is 59.1 Å². The Bertz CT molecular complexity index is 245. The molecule has 62 valence electrons. The van der Waals surface area contributed by atoms with Crippen molar-refractivity contribution < 1.29 is 5.11 Å². The van der Waals surface area contributed by atoms with E-state index >= 15 is 0 Å². The third-order valence-electron chi connectivity index (χ3n) is 1.45. The van der Waals surface area contributed by atoms with Gasteiger partial charge in [0.15, 0.2) is 0 Å².